The summed E-state index contributed by atoms with van der Waals surface area (Å²) < 4.78 is 5.80. The van der Waals surface area contributed by atoms with Crippen molar-refractivity contribution >= 4 is 28.4 Å². The molecule has 0 aliphatic carbocycles. The molecule has 1 aliphatic heterocycles. The molecule has 1 N–H and O–H groups in total. The molecule has 0 unspecified atom stereocenters. The Hall–Kier alpha value is -2.86. The number of amides is 1. The predicted molar refractivity (Wildman–Crippen MR) is 103 cm³/mol. The van der Waals surface area contributed by atoms with Crippen LogP contribution in [0.5, 0.6) is 5.75 Å². The number of carbonyl (C=O) groups excluding carboxylic acids is 1. The highest BCUT2D eigenvalue weighted by atomic mass is 35.5. The van der Waals surface area contributed by atoms with Gasteiger partial charge in [0.25, 0.3) is 11.5 Å². The highest BCUT2D eigenvalue weighted by Gasteiger charge is 2.32. The fraction of sp³-hybridized carbons (Fsp3) is 0.250. The van der Waals surface area contributed by atoms with Crippen LogP contribution in [0, 0.1) is 0 Å². The SMILES string of the molecule is CCN(Cc1nc2ccccc2c(=O)[nH]1)C(=O)[C@@H]1Cc2cc(Cl)ccc2O1. The number of carbonyl (C=O) groups is 1. The maximum absolute atomic E-state index is 12.9. The highest BCUT2D eigenvalue weighted by Crippen LogP contribution is 2.31. The van der Waals surface area contributed by atoms with Gasteiger partial charge < -0.3 is 14.6 Å². The lowest BCUT2D eigenvalue weighted by atomic mass is 10.1. The number of hydrogen-bond donors (Lipinski definition) is 1. The lowest BCUT2D eigenvalue weighted by Gasteiger charge is -2.23. The average Bonchev–Trinajstić information content (AvgIpc) is 3.09. The zero-order valence-electron chi connectivity index (χ0n) is 14.7. The minimum atomic E-state index is -0.592. The highest BCUT2D eigenvalue weighted by molar-refractivity contribution is 6.30. The third-order valence-corrected chi connectivity index (χ3v) is 4.90. The minimum absolute atomic E-state index is 0.138. The zero-order chi connectivity index (χ0) is 19.0. The van der Waals surface area contributed by atoms with Crippen LogP contribution >= 0.6 is 11.6 Å². The Kier molecular flexibility index (Phi) is 4.58. The second kappa shape index (κ2) is 7.04. The van der Waals surface area contributed by atoms with Crippen molar-refractivity contribution in [2.24, 2.45) is 0 Å². The summed E-state index contributed by atoms with van der Waals surface area (Å²) in [6, 6.07) is 12.5. The Morgan fingerprint density at radius 2 is 2.15 bits per heavy atom. The van der Waals surface area contributed by atoms with E-state index in [9.17, 15) is 9.59 Å². The van der Waals surface area contributed by atoms with Crippen molar-refractivity contribution in [3.8, 4) is 5.75 Å². The number of aromatic amines is 1. The van der Waals surface area contributed by atoms with Crippen LogP contribution in [-0.4, -0.2) is 33.4 Å². The van der Waals surface area contributed by atoms with Crippen molar-refractivity contribution in [3.63, 3.8) is 0 Å². The Morgan fingerprint density at radius 1 is 1.33 bits per heavy atom. The first-order valence-corrected chi connectivity index (χ1v) is 9.14. The van der Waals surface area contributed by atoms with Gasteiger partial charge in [-0.2, -0.15) is 0 Å². The van der Waals surface area contributed by atoms with E-state index >= 15 is 0 Å². The van der Waals surface area contributed by atoms with Crippen molar-refractivity contribution in [1.82, 2.24) is 14.9 Å². The molecule has 2 aromatic carbocycles. The molecular weight excluding hydrogens is 366 g/mol. The summed E-state index contributed by atoms with van der Waals surface area (Å²) in [5.41, 5.74) is 1.33. The quantitative estimate of drug-likeness (QED) is 0.751. The number of aromatic nitrogens is 2. The van der Waals surface area contributed by atoms with E-state index in [1.807, 2.05) is 19.1 Å². The van der Waals surface area contributed by atoms with Gasteiger partial charge in [-0.25, -0.2) is 4.98 Å². The summed E-state index contributed by atoms with van der Waals surface area (Å²) in [6.07, 6.45) is -0.113. The second-order valence-electron chi connectivity index (χ2n) is 6.44. The Balaban J connectivity index is 1.54. The van der Waals surface area contributed by atoms with Gasteiger partial charge >= 0.3 is 0 Å². The van der Waals surface area contributed by atoms with Crippen LogP contribution in [0.3, 0.4) is 0 Å². The zero-order valence-corrected chi connectivity index (χ0v) is 15.5. The van der Waals surface area contributed by atoms with Gasteiger partial charge in [0.05, 0.1) is 17.4 Å². The summed E-state index contributed by atoms with van der Waals surface area (Å²) in [5.74, 6) is 0.999. The maximum Gasteiger partial charge on any atom is 0.264 e. The van der Waals surface area contributed by atoms with Crippen LogP contribution in [0.25, 0.3) is 10.9 Å². The Morgan fingerprint density at radius 3 is 2.96 bits per heavy atom. The number of fused-ring (bicyclic) bond motifs is 2. The number of H-pyrrole nitrogens is 1. The molecule has 0 saturated carbocycles. The molecule has 0 saturated heterocycles. The molecule has 27 heavy (non-hydrogen) atoms. The van der Waals surface area contributed by atoms with Gasteiger partial charge in [0, 0.05) is 18.0 Å². The molecule has 1 aliphatic rings. The van der Waals surface area contributed by atoms with E-state index in [4.69, 9.17) is 16.3 Å². The van der Waals surface area contributed by atoms with Crippen LogP contribution in [0.1, 0.15) is 18.3 Å². The Bertz CT molecular complexity index is 1080. The molecule has 0 bridgehead atoms. The van der Waals surface area contributed by atoms with Crippen molar-refractivity contribution < 1.29 is 9.53 Å². The third-order valence-electron chi connectivity index (χ3n) is 4.67. The molecule has 4 rings (SSSR count). The van der Waals surface area contributed by atoms with Crippen LogP contribution in [-0.2, 0) is 17.8 Å². The molecule has 138 valence electrons. The van der Waals surface area contributed by atoms with Gasteiger partial charge in [0.2, 0.25) is 0 Å². The van der Waals surface area contributed by atoms with Gasteiger partial charge in [-0.15, -0.1) is 0 Å². The topological polar surface area (TPSA) is 75.3 Å². The fourth-order valence-corrected chi connectivity index (χ4v) is 3.49. The molecule has 7 heteroatoms. The summed E-state index contributed by atoms with van der Waals surface area (Å²) >= 11 is 6.02. The molecular formula is C20H18ClN3O3. The molecule has 1 amide bonds. The summed E-state index contributed by atoms with van der Waals surface area (Å²) in [5, 5.41) is 1.15. The predicted octanol–water partition coefficient (Wildman–Crippen LogP) is 2.93. The first-order valence-electron chi connectivity index (χ1n) is 8.77. The smallest absolute Gasteiger partial charge is 0.264 e. The summed E-state index contributed by atoms with van der Waals surface area (Å²) in [4.78, 5) is 34.0. The molecule has 1 aromatic heterocycles. The van der Waals surface area contributed by atoms with E-state index in [1.165, 1.54) is 0 Å². The Labute approximate surface area is 160 Å². The van der Waals surface area contributed by atoms with E-state index in [0.29, 0.717) is 40.5 Å². The summed E-state index contributed by atoms with van der Waals surface area (Å²) in [7, 11) is 0. The van der Waals surface area contributed by atoms with Crippen LogP contribution < -0.4 is 10.3 Å². The van der Waals surface area contributed by atoms with Crippen molar-refractivity contribution in [1.29, 1.82) is 0 Å². The van der Waals surface area contributed by atoms with Crippen molar-refractivity contribution in [2.75, 3.05) is 6.54 Å². The van der Waals surface area contributed by atoms with Crippen molar-refractivity contribution in [3.05, 3.63) is 69.2 Å². The molecule has 0 spiro atoms. The van der Waals surface area contributed by atoms with E-state index in [1.54, 1.807) is 35.2 Å². The molecule has 0 radical (unpaired) electrons. The lowest BCUT2D eigenvalue weighted by Crippen LogP contribution is -2.41. The average molecular weight is 384 g/mol. The maximum atomic E-state index is 12.9. The van der Waals surface area contributed by atoms with Gasteiger partial charge in [-0.1, -0.05) is 23.7 Å². The number of likely N-dealkylation sites (N-methyl/N-ethyl adjacent to an activating group) is 1. The normalized spacial score (nSPS) is 15.4. The van der Waals surface area contributed by atoms with E-state index in [0.717, 1.165) is 5.56 Å². The fourth-order valence-electron chi connectivity index (χ4n) is 3.29. The first kappa shape index (κ1) is 17.5. The van der Waals surface area contributed by atoms with E-state index in [2.05, 4.69) is 9.97 Å². The minimum Gasteiger partial charge on any atom is -0.480 e. The van der Waals surface area contributed by atoms with Crippen LogP contribution in [0.2, 0.25) is 5.02 Å². The van der Waals surface area contributed by atoms with E-state index in [-0.39, 0.29) is 18.0 Å². The van der Waals surface area contributed by atoms with Gasteiger partial charge in [0.15, 0.2) is 6.10 Å². The largest absolute Gasteiger partial charge is 0.480 e. The first-order chi connectivity index (χ1) is 13.0. The van der Waals surface area contributed by atoms with Crippen LogP contribution in [0.4, 0.5) is 0 Å². The van der Waals surface area contributed by atoms with Gasteiger partial charge in [0.1, 0.15) is 11.6 Å². The number of benzene rings is 2. The monoisotopic (exact) mass is 383 g/mol. The van der Waals surface area contributed by atoms with Crippen LogP contribution in [0.15, 0.2) is 47.3 Å². The number of halogens is 1. The number of rotatable bonds is 4. The third kappa shape index (κ3) is 3.40. The summed E-state index contributed by atoms with van der Waals surface area (Å²) in [6.45, 7) is 2.58. The number of nitrogens with one attached hydrogen (secondary N) is 1. The number of ether oxygens (including phenoxy) is 1. The molecule has 3 aromatic rings. The molecule has 1 atom stereocenters. The lowest BCUT2D eigenvalue weighted by molar-refractivity contribution is -0.138. The van der Waals surface area contributed by atoms with E-state index < -0.39 is 6.10 Å². The number of nitrogens with zero attached hydrogens (tertiary/aromatic N) is 2. The number of hydrogen-bond acceptors (Lipinski definition) is 4. The van der Waals surface area contributed by atoms with Gasteiger partial charge in [-0.05, 0) is 42.8 Å². The standard InChI is InChI=1S/C20H18ClN3O3/c1-2-24(11-18-22-15-6-4-3-5-14(15)19(25)23-18)20(26)17-10-12-9-13(21)7-8-16(12)27-17/h3-9,17H,2,10-11H2,1H3,(H,22,23,25)/t17-/m0/s1. The number of para-hydroxylation sites is 1. The molecule has 2 heterocycles. The second-order valence-corrected chi connectivity index (χ2v) is 6.88. The molecule has 0 fully saturated rings. The van der Waals surface area contributed by atoms with Gasteiger partial charge in [-0.3, -0.25) is 9.59 Å². The molecule has 6 nitrogen and oxygen atoms in total. The van der Waals surface area contributed by atoms with Crippen molar-refractivity contribution in [2.45, 2.75) is 26.0 Å².